The summed E-state index contributed by atoms with van der Waals surface area (Å²) in [5.41, 5.74) is 5.20. The van der Waals surface area contributed by atoms with Crippen molar-refractivity contribution in [2.24, 2.45) is 0 Å². The smallest absolute Gasteiger partial charge is 0.269 e. The fraction of sp³-hybridized carbons (Fsp3) is 0.111. The summed E-state index contributed by atoms with van der Waals surface area (Å²) in [5.74, 6) is -1.97. The SMILES string of the molecule is N#CCC(=O)Nc1ccc(C(=O)NNC(=O)CSc2ccccc2F)cc1. The van der Waals surface area contributed by atoms with Gasteiger partial charge in [-0.25, -0.2) is 4.39 Å². The molecule has 0 unspecified atom stereocenters. The number of nitriles is 1. The van der Waals surface area contributed by atoms with Crippen molar-refractivity contribution in [1.82, 2.24) is 10.9 Å². The van der Waals surface area contributed by atoms with E-state index in [9.17, 15) is 18.8 Å². The van der Waals surface area contributed by atoms with Gasteiger partial charge in [0, 0.05) is 16.1 Å². The molecule has 27 heavy (non-hydrogen) atoms. The highest BCUT2D eigenvalue weighted by atomic mass is 32.2. The first-order valence-corrected chi connectivity index (χ1v) is 8.71. The molecule has 0 aliphatic carbocycles. The lowest BCUT2D eigenvalue weighted by Crippen LogP contribution is -2.42. The van der Waals surface area contributed by atoms with E-state index in [4.69, 9.17) is 5.26 Å². The zero-order chi connectivity index (χ0) is 19.6. The van der Waals surface area contributed by atoms with E-state index in [1.54, 1.807) is 24.3 Å². The van der Waals surface area contributed by atoms with E-state index in [0.29, 0.717) is 10.6 Å². The molecule has 2 aromatic rings. The number of halogens is 1. The van der Waals surface area contributed by atoms with Gasteiger partial charge in [0.15, 0.2) is 0 Å². The second-order valence-electron chi connectivity index (χ2n) is 5.18. The molecule has 0 aliphatic heterocycles. The number of rotatable bonds is 6. The van der Waals surface area contributed by atoms with Gasteiger partial charge < -0.3 is 5.32 Å². The van der Waals surface area contributed by atoms with E-state index in [1.165, 1.54) is 30.3 Å². The number of hydrazine groups is 1. The van der Waals surface area contributed by atoms with E-state index in [-0.39, 0.29) is 17.7 Å². The van der Waals surface area contributed by atoms with Gasteiger partial charge in [0.05, 0.1) is 11.8 Å². The summed E-state index contributed by atoms with van der Waals surface area (Å²) >= 11 is 1.01. The summed E-state index contributed by atoms with van der Waals surface area (Å²) in [4.78, 5) is 35.4. The Labute approximate surface area is 158 Å². The second-order valence-corrected chi connectivity index (χ2v) is 6.20. The largest absolute Gasteiger partial charge is 0.325 e. The number of amides is 3. The molecule has 3 N–H and O–H groups in total. The highest BCUT2D eigenvalue weighted by Crippen LogP contribution is 2.20. The van der Waals surface area contributed by atoms with Gasteiger partial charge in [-0.15, -0.1) is 11.8 Å². The molecular formula is C18H15FN4O3S. The number of hydrogen-bond donors (Lipinski definition) is 3. The average molecular weight is 386 g/mol. The molecule has 138 valence electrons. The zero-order valence-corrected chi connectivity index (χ0v) is 14.8. The Morgan fingerprint density at radius 3 is 2.37 bits per heavy atom. The molecule has 0 heterocycles. The third-order valence-corrected chi connectivity index (χ3v) is 4.23. The predicted octanol–water partition coefficient (Wildman–Crippen LogP) is 2.23. The molecule has 0 radical (unpaired) electrons. The Balaban J connectivity index is 1.79. The monoisotopic (exact) mass is 386 g/mol. The van der Waals surface area contributed by atoms with Crippen molar-refractivity contribution in [2.75, 3.05) is 11.1 Å². The van der Waals surface area contributed by atoms with E-state index >= 15 is 0 Å². The topological polar surface area (TPSA) is 111 Å². The van der Waals surface area contributed by atoms with Crippen LogP contribution in [0.5, 0.6) is 0 Å². The van der Waals surface area contributed by atoms with E-state index in [2.05, 4.69) is 16.2 Å². The third-order valence-electron chi connectivity index (χ3n) is 3.18. The van der Waals surface area contributed by atoms with Crippen LogP contribution in [0.25, 0.3) is 0 Å². The molecular weight excluding hydrogens is 371 g/mol. The van der Waals surface area contributed by atoms with Crippen molar-refractivity contribution in [3.63, 3.8) is 0 Å². The zero-order valence-electron chi connectivity index (χ0n) is 14.0. The first-order valence-electron chi connectivity index (χ1n) is 7.73. The molecule has 0 aromatic heterocycles. The summed E-state index contributed by atoms with van der Waals surface area (Å²) in [7, 11) is 0. The number of carbonyl (C=O) groups excluding carboxylic acids is 3. The summed E-state index contributed by atoms with van der Waals surface area (Å²) in [6, 6.07) is 13.7. The first-order chi connectivity index (χ1) is 13.0. The lowest BCUT2D eigenvalue weighted by Gasteiger charge is -2.08. The van der Waals surface area contributed by atoms with Crippen molar-refractivity contribution in [3.8, 4) is 6.07 Å². The van der Waals surface area contributed by atoms with Crippen LogP contribution in [0.15, 0.2) is 53.4 Å². The van der Waals surface area contributed by atoms with E-state index in [0.717, 1.165) is 11.8 Å². The minimum absolute atomic E-state index is 0.0644. The van der Waals surface area contributed by atoms with Crippen molar-refractivity contribution >= 4 is 35.2 Å². The number of anilines is 1. The van der Waals surface area contributed by atoms with E-state index < -0.39 is 23.5 Å². The van der Waals surface area contributed by atoms with Crippen molar-refractivity contribution in [3.05, 3.63) is 59.9 Å². The fourth-order valence-corrected chi connectivity index (χ4v) is 2.66. The van der Waals surface area contributed by atoms with Gasteiger partial charge in [0.25, 0.3) is 5.91 Å². The highest BCUT2D eigenvalue weighted by Gasteiger charge is 2.10. The molecule has 0 atom stereocenters. The molecule has 2 rings (SSSR count). The Bertz CT molecular complexity index is 881. The fourth-order valence-electron chi connectivity index (χ4n) is 1.92. The van der Waals surface area contributed by atoms with Crippen LogP contribution >= 0.6 is 11.8 Å². The number of nitrogens with one attached hydrogen (secondary N) is 3. The van der Waals surface area contributed by atoms with Crippen LogP contribution in [0.2, 0.25) is 0 Å². The van der Waals surface area contributed by atoms with Crippen molar-refractivity contribution < 1.29 is 18.8 Å². The number of carbonyl (C=O) groups is 3. The summed E-state index contributed by atoms with van der Waals surface area (Å²) in [5, 5.41) is 10.9. The van der Waals surface area contributed by atoms with Gasteiger partial charge in [0.2, 0.25) is 11.8 Å². The molecule has 0 bridgehead atoms. The van der Waals surface area contributed by atoms with Crippen LogP contribution in [0.4, 0.5) is 10.1 Å². The summed E-state index contributed by atoms with van der Waals surface area (Å²) < 4.78 is 13.5. The maximum Gasteiger partial charge on any atom is 0.269 e. The molecule has 0 spiro atoms. The lowest BCUT2D eigenvalue weighted by atomic mass is 10.2. The lowest BCUT2D eigenvalue weighted by molar-refractivity contribution is -0.119. The molecule has 0 aliphatic rings. The molecule has 2 aromatic carbocycles. The van der Waals surface area contributed by atoms with Crippen LogP contribution in [0.3, 0.4) is 0 Å². The Hall–Kier alpha value is -3.38. The van der Waals surface area contributed by atoms with Gasteiger partial charge in [-0.1, -0.05) is 12.1 Å². The molecule has 0 saturated carbocycles. The summed E-state index contributed by atoms with van der Waals surface area (Å²) in [6.45, 7) is 0. The van der Waals surface area contributed by atoms with Gasteiger partial charge in [0.1, 0.15) is 12.2 Å². The maximum atomic E-state index is 13.5. The second kappa shape index (κ2) is 9.94. The van der Waals surface area contributed by atoms with Gasteiger partial charge in [-0.05, 0) is 36.4 Å². The molecule has 9 heteroatoms. The number of hydrogen-bond acceptors (Lipinski definition) is 5. The van der Waals surface area contributed by atoms with E-state index in [1.807, 2.05) is 0 Å². The van der Waals surface area contributed by atoms with Crippen molar-refractivity contribution in [2.45, 2.75) is 11.3 Å². The molecule has 7 nitrogen and oxygen atoms in total. The Morgan fingerprint density at radius 1 is 1.00 bits per heavy atom. The Morgan fingerprint density at radius 2 is 1.70 bits per heavy atom. The molecule has 0 fully saturated rings. The molecule has 0 saturated heterocycles. The quantitative estimate of drug-likeness (QED) is 0.521. The number of nitrogens with zero attached hydrogens (tertiary/aromatic N) is 1. The number of benzene rings is 2. The van der Waals surface area contributed by atoms with Gasteiger partial charge in [-0.3, -0.25) is 25.2 Å². The number of thioether (sulfide) groups is 1. The van der Waals surface area contributed by atoms with Crippen LogP contribution < -0.4 is 16.2 Å². The highest BCUT2D eigenvalue weighted by molar-refractivity contribution is 8.00. The standard InChI is InChI=1S/C18H15FN4O3S/c19-14-3-1-2-4-15(14)27-11-17(25)22-23-18(26)12-5-7-13(8-6-12)21-16(24)9-10-20/h1-8H,9,11H2,(H,21,24)(H,22,25)(H,23,26). The average Bonchev–Trinajstić information content (AvgIpc) is 2.66. The van der Waals surface area contributed by atoms with Crippen LogP contribution in [0.1, 0.15) is 16.8 Å². The van der Waals surface area contributed by atoms with Gasteiger partial charge >= 0.3 is 0 Å². The van der Waals surface area contributed by atoms with Gasteiger partial charge in [-0.2, -0.15) is 5.26 Å². The minimum atomic E-state index is -0.547. The minimum Gasteiger partial charge on any atom is -0.325 e. The normalized spacial score (nSPS) is 9.78. The first kappa shape index (κ1) is 19.9. The predicted molar refractivity (Wildman–Crippen MR) is 98.0 cm³/mol. The third kappa shape index (κ3) is 6.45. The van der Waals surface area contributed by atoms with Crippen molar-refractivity contribution in [1.29, 1.82) is 5.26 Å². The molecule has 3 amide bonds. The van der Waals surface area contributed by atoms with Crippen LogP contribution in [-0.4, -0.2) is 23.5 Å². The Kier molecular flexibility index (Phi) is 7.34. The summed E-state index contributed by atoms with van der Waals surface area (Å²) in [6.07, 6.45) is -0.265. The maximum absolute atomic E-state index is 13.5. The van der Waals surface area contributed by atoms with Crippen LogP contribution in [0, 0.1) is 17.1 Å². The van der Waals surface area contributed by atoms with Crippen LogP contribution in [-0.2, 0) is 9.59 Å².